The van der Waals surface area contributed by atoms with Gasteiger partial charge in [-0.1, -0.05) is 29.8 Å². The van der Waals surface area contributed by atoms with Crippen molar-refractivity contribution in [2.75, 3.05) is 19.8 Å². The van der Waals surface area contributed by atoms with Gasteiger partial charge in [-0.05, 0) is 31.4 Å². The van der Waals surface area contributed by atoms with E-state index >= 15 is 0 Å². The number of ether oxygens (including phenoxy) is 1. The molecule has 1 atom stereocenters. The maximum atomic E-state index is 11.6. The number of rotatable bonds is 4. The number of nitrogens with one attached hydrogen (secondary N) is 1. The Hall–Kier alpha value is -1.10. The van der Waals surface area contributed by atoms with E-state index in [1.165, 1.54) is 6.92 Å². The van der Waals surface area contributed by atoms with Crippen molar-refractivity contribution in [2.45, 2.75) is 31.3 Å². The third-order valence-corrected chi connectivity index (χ3v) is 4.21. The number of hydrogen-bond acceptors (Lipinski definition) is 3. The van der Waals surface area contributed by atoms with Crippen LogP contribution in [0.15, 0.2) is 24.3 Å². The van der Waals surface area contributed by atoms with Crippen LogP contribution in [0.2, 0.25) is 5.02 Å². The van der Waals surface area contributed by atoms with Gasteiger partial charge in [-0.3, -0.25) is 4.79 Å². The molecule has 20 heavy (non-hydrogen) atoms. The molecule has 1 saturated heterocycles. The molecule has 0 radical (unpaired) electrons. The molecule has 0 aromatic heterocycles. The molecular weight excluding hydrogens is 278 g/mol. The highest BCUT2D eigenvalue weighted by Gasteiger charge is 2.36. The zero-order chi connectivity index (χ0) is 14.6. The Bertz CT molecular complexity index is 470. The average Bonchev–Trinajstić information content (AvgIpc) is 2.46. The first kappa shape index (κ1) is 15.3. The first-order valence-corrected chi connectivity index (χ1v) is 7.21. The maximum Gasteiger partial charge on any atom is 0.248 e. The van der Waals surface area contributed by atoms with Crippen LogP contribution in [0.3, 0.4) is 0 Å². The molecule has 4 nitrogen and oxygen atoms in total. The largest absolute Gasteiger partial charge is 0.384 e. The first-order valence-electron chi connectivity index (χ1n) is 6.84. The molecule has 1 unspecified atom stereocenters. The van der Waals surface area contributed by atoms with Crippen LogP contribution in [0, 0.1) is 0 Å². The predicted octanol–water partition coefficient (Wildman–Crippen LogP) is 1.89. The highest BCUT2D eigenvalue weighted by molar-refractivity contribution is 6.31. The fourth-order valence-corrected chi connectivity index (χ4v) is 2.93. The van der Waals surface area contributed by atoms with E-state index in [0.717, 1.165) is 18.4 Å². The molecule has 1 amide bonds. The van der Waals surface area contributed by atoms with Crippen LogP contribution in [-0.2, 0) is 14.9 Å². The Morgan fingerprint density at radius 3 is 2.70 bits per heavy atom. The van der Waals surface area contributed by atoms with E-state index in [1.54, 1.807) is 0 Å². The van der Waals surface area contributed by atoms with Crippen LogP contribution in [0.5, 0.6) is 0 Å². The van der Waals surface area contributed by atoms with E-state index < -0.39 is 6.10 Å². The highest BCUT2D eigenvalue weighted by atomic mass is 35.5. The summed E-state index contributed by atoms with van der Waals surface area (Å²) in [6.07, 6.45) is 0.603. The summed E-state index contributed by atoms with van der Waals surface area (Å²) in [6, 6.07) is 7.72. The monoisotopic (exact) mass is 297 g/mol. The summed E-state index contributed by atoms with van der Waals surface area (Å²) in [5.74, 6) is -0.358. The van der Waals surface area contributed by atoms with Crippen molar-refractivity contribution < 1.29 is 14.6 Å². The number of halogens is 1. The van der Waals surface area contributed by atoms with Crippen molar-refractivity contribution in [2.24, 2.45) is 0 Å². The highest BCUT2D eigenvalue weighted by Crippen LogP contribution is 2.38. The molecule has 2 rings (SSSR count). The molecule has 2 N–H and O–H groups in total. The zero-order valence-electron chi connectivity index (χ0n) is 11.6. The first-order chi connectivity index (χ1) is 9.55. The third-order valence-electron chi connectivity index (χ3n) is 3.88. The molecule has 0 bridgehead atoms. The van der Waals surface area contributed by atoms with E-state index in [2.05, 4.69) is 5.32 Å². The van der Waals surface area contributed by atoms with Crippen LogP contribution in [0.1, 0.15) is 25.3 Å². The summed E-state index contributed by atoms with van der Waals surface area (Å²) >= 11 is 6.32. The number of aliphatic hydroxyl groups excluding tert-OH is 1. The van der Waals surface area contributed by atoms with Gasteiger partial charge in [0.2, 0.25) is 5.91 Å². The normalized spacial score (nSPS) is 19.4. The Labute approximate surface area is 124 Å². The molecule has 1 heterocycles. The summed E-state index contributed by atoms with van der Waals surface area (Å²) in [5, 5.41) is 12.8. The standard InChI is InChI=1S/C15H20ClNO3/c1-11(18)14(19)17-10-15(6-8-20-9-7-15)12-4-2-3-5-13(12)16/h2-5,11,18H,6-10H2,1H3,(H,17,19). The van der Waals surface area contributed by atoms with E-state index in [0.29, 0.717) is 24.8 Å². The minimum atomic E-state index is -1.00. The van der Waals surface area contributed by atoms with E-state index in [9.17, 15) is 9.90 Å². The van der Waals surface area contributed by atoms with E-state index in [4.69, 9.17) is 16.3 Å². The lowest BCUT2D eigenvalue weighted by Gasteiger charge is -2.38. The summed E-state index contributed by atoms with van der Waals surface area (Å²) in [6.45, 7) is 3.22. The van der Waals surface area contributed by atoms with Crippen LogP contribution in [0.4, 0.5) is 0 Å². The van der Waals surface area contributed by atoms with Crippen molar-refractivity contribution in [3.05, 3.63) is 34.9 Å². The molecule has 1 fully saturated rings. The SMILES string of the molecule is CC(O)C(=O)NCC1(c2ccccc2Cl)CCOCC1. The number of carbonyl (C=O) groups is 1. The number of carbonyl (C=O) groups excluding carboxylic acids is 1. The molecule has 110 valence electrons. The van der Waals surface area contributed by atoms with Gasteiger partial charge in [-0.15, -0.1) is 0 Å². The summed E-state index contributed by atoms with van der Waals surface area (Å²) < 4.78 is 5.44. The molecule has 1 aromatic carbocycles. The topological polar surface area (TPSA) is 58.6 Å². The predicted molar refractivity (Wildman–Crippen MR) is 77.9 cm³/mol. The number of aliphatic hydroxyl groups is 1. The van der Waals surface area contributed by atoms with Gasteiger partial charge in [0.15, 0.2) is 0 Å². The smallest absolute Gasteiger partial charge is 0.248 e. The van der Waals surface area contributed by atoms with Crippen molar-refractivity contribution >= 4 is 17.5 Å². The zero-order valence-corrected chi connectivity index (χ0v) is 12.3. The number of hydrogen-bond donors (Lipinski definition) is 2. The molecule has 1 aliphatic heterocycles. The molecule has 1 aromatic rings. The molecule has 0 spiro atoms. The quantitative estimate of drug-likeness (QED) is 0.892. The number of benzene rings is 1. The summed E-state index contributed by atoms with van der Waals surface area (Å²) in [5.41, 5.74) is 0.817. The van der Waals surface area contributed by atoms with Gasteiger partial charge in [-0.25, -0.2) is 0 Å². The van der Waals surface area contributed by atoms with Crippen molar-refractivity contribution in [1.82, 2.24) is 5.32 Å². The van der Waals surface area contributed by atoms with Gasteiger partial charge in [0.1, 0.15) is 6.10 Å². The Balaban J connectivity index is 2.22. The fourth-order valence-electron chi connectivity index (χ4n) is 2.60. The van der Waals surface area contributed by atoms with Gasteiger partial charge in [0.05, 0.1) is 0 Å². The maximum absolute atomic E-state index is 11.6. The van der Waals surface area contributed by atoms with Crippen LogP contribution in [0.25, 0.3) is 0 Å². The second-order valence-corrected chi connectivity index (χ2v) is 5.67. The Morgan fingerprint density at radius 2 is 2.10 bits per heavy atom. The van der Waals surface area contributed by atoms with Crippen LogP contribution in [-0.4, -0.2) is 36.9 Å². The molecule has 0 aliphatic carbocycles. The second-order valence-electron chi connectivity index (χ2n) is 5.27. The molecule has 1 aliphatic rings. The van der Waals surface area contributed by atoms with Gasteiger partial charge in [0.25, 0.3) is 0 Å². The van der Waals surface area contributed by atoms with E-state index in [1.807, 2.05) is 24.3 Å². The molecular formula is C15H20ClNO3. The Kier molecular flexibility index (Phi) is 5.02. The minimum Gasteiger partial charge on any atom is -0.384 e. The van der Waals surface area contributed by atoms with Crippen molar-refractivity contribution in [1.29, 1.82) is 0 Å². The van der Waals surface area contributed by atoms with Gasteiger partial charge in [-0.2, -0.15) is 0 Å². The van der Waals surface area contributed by atoms with Gasteiger partial charge >= 0.3 is 0 Å². The Morgan fingerprint density at radius 1 is 1.45 bits per heavy atom. The van der Waals surface area contributed by atoms with Gasteiger partial charge in [0, 0.05) is 30.2 Å². The van der Waals surface area contributed by atoms with Crippen molar-refractivity contribution in [3.63, 3.8) is 0 Å². The van der Waals surface area contributed by atoms with E-state index in [-0.39, 0.29) is 11.3 Å². The van der Waals surface area contributed by atoms with Crippen LogP contribution >= 0.6 is 11.6 Å². The lowest BCUT2D eigenvalue weighted by atomic mass is 9.74. The summed E-state index contributed by atoms with van der Waals surface area (Å²) in [4.78, 5) is 11.6. The minimum absolute atomic E-state index is 0.221. The number of amides is 1. The second kappa shape index (κ2) is 6.57. The lowest BCUT2D eigenvalue weighted by molar-refractivity contribution is -0.128. The molecule has 0 saturated carbocycles. The van der Waals surface area contributed by atoms with Crippen LogP contribution < -0.4 is 5.32 Å². The van der Waals surface area contributed by atoms with Gasteiger partial charge < -0.3 is 15.2 Å². The molecule has 5 heteroatoms. The lowest BCUT2D eigenvalue weighted by Crippen LogP contribution is -2.46. The van der Waals surface area contributed by atoms with Crippen molar-refractivity contribution in [3.8, 4) is 0 Å². The average molecular weight is 298 g/mol. The third kappa shape index (κ3) is 3.32. The summed E-state index contributed by atoms with van der Waals surface area (Å²) in [7, 11) is 0. The fraction of sp³-hybridized carbons (Fsp3) is 0.533.